The van der Waals surface area contributed by atoms with Gasteiger partial charge in [-0.2, -0.15) is 4.99 Å². The highest BCUT2D eigenvalue weighted by Crippen LogP contribution is 2.49. The fraction of sp³-hybridized carbons (Fsp3) is 0.500. The van der Waals surface area contributed by atoms with Gasteiger partial charge in [-0.1, -0.05) is 18.2 Å². The van der Waals surface area contributed by atoms with E-state index in [0.717, 1.165) is 19.3 Å². The number of thioether (sulfide) groups is 1. The molecule has 1 aliphatic carbocycles. The number of hydrogen-bond acceptors (Lipinski definition) is 3. The molecule has 0 bridgehead atoms. The number of nitrogens with zero attached hydrogens (tertiary/aromatic N) is 1. The molecule has 0 amide bonds. The molecule has 0 N–H and O–H groups in total. The maximum Gasteiger partial charge on any atom is 0.235 e. The molecule has 17 heavy (non-hydrogen) atoms. The summed E-state index contributed by atoms with van der Waals surface area (Å²) in [6.45, 7) is 0. The van der Waals surface area contributed by atoms with Crippen LogP contribution in [0.15, 0.2) is 28.1 Å². The zero-order chi connectivity index (χ0) is 11.7. The Bertz CT molecular complexity index is 487. The number of benzene rings is 1. The van der Waals surface area contributed by atoms with Crippen LogP contribution in [0.5, 0.6) is 0 Å². The number of rotatable bonds is 2. The first kappa shape index (κ1) is 11.1. The second-order valence-electron chi connectivity index (χ2n) is 4.83. The summed E-state index contributed by atoms with van der Waals surface area (Å²) in [7, 11) is 0. The summed E-state index contributed by atoms with van der Waals surface area (Å²) < 4.78 is 0. The molecule has 0 saturated heterocycles. The van der Waals surface area contributed by atoms with Crippen LogP contribution in [0.2, 0.25) is 0 Å². The van der Waals surface area contributed by atoms with E-state index in [4.69, 9.17) is 0 Å². The van der Waals surface area contributed by atoms with Crippen LogP contribution in [0.4, 0.5) is 0 Å². The van der Waals surface area contributed by atoms with E-state index in [2.05, 4.69) is 23.2 Å². The number of carbonyl (C=O) groups excluding carboxylic acids is 1. The smallest absolute Gasteiger partial charge is 0.211 e. The van der Waals surface area contributed by atoms with Gasteiger partial charge >= 0.3 is 0 Å². The van der Waals surface area contributed by atoms with Gasteiger partial charge in [-0.15, -0.1) is 11.8 Å². The van der Waals surface area contributed by atoms with Crippen LogP contribution in [0, 0.1) is 0 Å². The fourth-order valence-corrected chi connectivity index (χ4v) is 4.06. The van der Waals surface area contributed by atoms with Crippen LogP contribution in [0.25, 0.3) is 0 Å². The van der Waals surface area contributed by atoms with Crippen molar-refractivity contribution in [2.24, 2.45) is 4.99 Å². The van der Waals surface area contributed by atoms with Crippen molar-refractivity contribution in [1.29, 1.82) is 0 Å². The van der Waals surface area contributed by atoms with Gasteiger partial charge in [-0.25, -0.2) is 4.79 Å². The number of aryl methyl sites for hydroxylation is 1. The molecule has 3 rings (SSSR count). The Hall–Kier alpha value is -1.05. The highest BCUT2D eigenvalue weighted by Gasteiger charge is 2.41. The molecule has 2 nitrogen and oxygen atoms in total. The predicted octanol–water partition coefficient (Wildman–Crippen LogP) is 3.44. The van der Waals surface area contributed by atoms with Gasteiger partial charge in [-0.05, 0) is 49.0 Å². The highest BCUT2D eigenvalue weighted by atomic mass is 32.2. The Morgan fingerprint density at radius 2 is 2.18 bits per heavy atom. The van der Waals surface area contributed by atoms with E-state index in [1.807, 2.05) is 11.8 Å². The topological polar surface area (TPSA) is 29.4 Å². The first-order chi connectivity index (χ1) is 8.36. The van der Waals surface area contributed by atoms with Crippen LogP contribution >= 0.6 is 11.8 Å². The van der Waals surface area contributed by atoms with Crippen molar-refractivity contribution in [1.82, 2.24) is 0 Å². The molecule has 1 aliphatic heterocycles. The van der Waals surface area contributed by atoms with E-state index in [1.54, 1.807) is 6.08 Å². The molecule has 2 aliphatic rings. The SMILES string of the molecule is O=C=NC1(c2cccc3c2SCCC3)CCC1. The number of hydrogen-bond donors (Lipinski definition) is 0. The highest BCUT2D eigenvalue weighted by molar-refractivity contribution is 7.99. The molecule has 88 valence electrons. The third-order valence-corrected chi connectivity index (χ3v) is 5.14. The van der Waals surface area contributed by atoms with E-state index in [-0.39, 0.29) is 5.54 Å². The van der Waals surface area contributed by atoms with E-state index in [1.165, 1.54) is 34.6 Å². The van der Waals surface area contributed by atoms with Crippen LogP contribution < -0.4 is 0 Å². The van der Waals surface area contributed by atoms with Crippen LogP contribution in [-0.4, -0.2) is 11.8 Å². The average molecular weight is 245 g/mol. The summed E-state index contributed by atoms with van der Waals surface area (Å²) >= 11 is 1.93. The Morgan fingerprint density at radius 1 is 1.29 bits per heavy atom. The van der Waals surface area contributed by atoms with Crippen molar-refractivity contribution < 1.29 is 4.79 Å². The molecule has 3 heteroatoms. The maximum atomic E-state index is 10.7. The fourth-order valence-electron chi connectivity index (χ4n) is 2.80. The molecule has 0 aromatic heterocycles. The summed E-state index contributed by atoms with van der Waals surface area (Å²) in [4.78, 5) is 16.2. The minimum absolute atomic E-state index is 0.239. The van der Waals surface area contributed by atoms with Gasteiger partial charge < -0.3 is 0 Å². The van der Waals surface area contributed by atoms with Crippen LogP contribution in [0.1, 0.15) is 36.8 Å². The molecule has 1 fully saturated rings. The van der Waals surface area contributed by atoms with Crippen LogP contribution in [0.3, 0.4) is 0 Å². The van der Waals surface area contributed by atoms with Crippen molar-refractivity contribution >= 4 is 17.8 Å². The normalized spacial score (nSPS) is 20.9. The number of isocyanates is 1. The Morgan fingerprint density at radius 3 is 2.88 bits per heavy atom. The predicted molar refractivity (Wildman–Crippen MR) is 69.1 cm³/mol. The van der Waals surface area contributed by atoms with Gasteiger partial charge in [0.25, 0.3) is 0 Å². The van der Waals surface area contributed by atoms with E-state index >= 15 is 0 Å². The minimum atomic E-state index is -0.239. The quantitative estimate of drug-likeness (QED) is 0.590. The average Bonchev–Trinajstić information content (AvgIpc) is 2.33. The van der Waals surface area contributed by atoms with Gasteiger partial charge in [0.15, 0.2) is 0 Å². The monoisotopic (exact) mass is 245 g/mol. The Labute approximate surface area is 106 Å². The molecule has 1 aromatic carbocycles. The largest absolute Gasteiger partial charge is 0.235 e. The summed E-state index contributed by atoms with van der Waals surface area (Å²) in [6.07, 6.45) is 7.36. The van der Waals surface area contributed by atoms with Gasteiger partial charge in [-0.3, -0.25) is 0 Å². The summed E-state index contributed by atoms with van der Waals surface area (Å²) in [6, 6.07) is 6.47. The van der Waals surface area contributed by atoms with Crippen molar-refractivity contribution in [2.45, 2.75) is 42.5 Å². The van der Waals surface area contributed by atoms with Crippen molar-refractivity contribution in [3.63, 3.8) is 0 Å². The summed E-state index contributed by atoms with van der Waals surface area (Å²) in [5.74, 6) is 1.19. The van der Waals surface area contributed by atoms with E-state index < -0.39 is 0 Å². The number of fused-ring (bicyclic) bond motifs is 1. The first-order valence-corrected chi connectivity index (χ1v) is 7.18. The molecule has 0 radical (unpaired) electrons. The maximum absolute atomic E-state index is 10.7. The molecule has 0 spiro atoms. The Kier molecular flexibility index (Phi) is 2.81. The van der Waals surface area contributed by atoms with Gasteiger partial charge in [0.05, 0.1) is 5.54 Å². The van der Waals surface area contributed by atoms with E-state index in [0.29, 0.717) is 0 Å². The van der Waals surface area contributed by atoms with E-state index in [9.17, 15) is 4.79 Å². The second-order valence-corrected chi connectivity index (χ2v) is 5.94. The van der Waals surface area contributed by atoms with Crippen molar-refractivity contribution in [3.05, 3.63) is 29.3 Å². The zero-order valence-corrected chi connectivity index (χ0v) is 10.6. The van der Waals surface area contributed by atoms with Gasteiger partial charge in [0.2, 0.25) is 6.08 Å². The molecule has 1 saturated carbocycles. The van der Waals surface area contributed by atoms with Gasteiger partial charge in [0.1, 0.15) is 0 Å². The molecule has 1 aromatic rings. The second kappa shape index (κ2) is 4.32. The lowest BCUT2D eigenvalue weighted by atomic mass is 9.72. The summed E-state index contributed by atoms with van der Waals surface area (Å²) in [5.41, 5.74) is 2.47. The lowest BCUT2D eigenvalue weighted by Gasteiger charge is -2.39. The molecular formula is C14H15NOS. The third-order valence-electron chi connectivity index (χ3n) is 3.88. The standard InChI is InChI=1S/C14H15NOS/c16-10-15-14(7-3-8-14)12-6-1-4-11-5-2-9-17-13(11)12/h1,4,6H,2-3,5,7-9H2. The van der Waals surface area contributed by atoms with Gasteiger partial charge in [0, 0.05) is 4.90 Å². The zero-order valence-electron chi connectivity index (χ0n) is 9.74. The molecular weight excluding hydrogens is 230 g/mol. The Balaban J connectivity index is 2.10. The van der Waals surface area contributed by atoms with Crippen molar-refractivity contribution in [2.75, 3.05) is 5.75 Å². The lowest BCUT2D eigenvalue weighted by molar-refractivity contribution is 0.251. The summed E-state index contributed by atoms with van der Waals surface area (Å²) in [5, 5.41) is 0. The minimum Gasteiger partial charge on any atom is -0.211 e. The number of aliphatic imine (C=N–C) groups is 1. The van der Waals surface area contributed by atoms with Crippen molar-refractivity contribution in [3.8, 4) is 0 Å². The lowest BCUT2D eigenvalue weighted by Crippen LogP contribution is -2.33. The molecule has 1 heterocycles. The first-order valence-electron chi connectivity index (χ1n) is 6.20. The third kappa shape index (κ3) is 1.74. The molecule has 0 atom stereocenters. The van der Waals surface area contributed by atoms with Crippen LogP contribution in [-0.2, 0) is 16.8 Å². The molecule has 0 unspecified atom stereocenters.